The molecule has 1 saturated carbocycles. The van der Waals surface area contributed by atoms with E-state index in [2.05, 4.69) is 23.2 Å². The number of rotatable bonds is 4. The van der Waals surface area contributed by atoms with Crippen LogP contribution in [0, 0.1) is 12.8 Å². The van der Waals surface area contributed by atoms with Crippen LogP contribution in [0.4, 0.5) is 5.69 Å². The summed E-state index contributed by atoms with van der Waals surface area (Å²) in [6.45, 7) is 5.29. The summed E-state index contributed by atoms with van der Waals surface area (Å²) in [5.41, 5.74) is 3.31. The monoisotopic (exact) mass is 334 g/mol. The average Bonchev–Trinajstić information content (AvgIpc) is 2.98. The Morgan fingerprint density at radius 3 is 2.83 bits per heavy atom. The van der Waals surface area contributed by atoms with Gasteiger partial charge in [-0.05, 0) is 43.4 Å². The fraction of sp³-hybridized carbons (Fsp3) is 0.611. The topological polar surface area (TPSA) is 52.6 Å². The zero-order chi connectivity index (χ0) is 16.2. The largest absolute Gasteiger partial charge is 0.392 e. The van der Waals surface area contributed by atoms with Crippen molar-refractivity contribution in [2.75, 3.05) is 29.9 Å². The fourth-order valence-corrected chi connectivity index (χ4v) is 4.44. The number of hydrogen-bond acceptors (Lipinski definition) is 4. The predicted octanol–water partition coefficient (Wildman–Crippen LogP) is 2.64. The quantitative estimate of drug-likeness (QED) is 0.889. The van der Waals surface area contributed by atoms with Gasteiger partial charge in [0.2, 0.25) is 5.91 Å². The number of aliphatic hydroxyl groups is 1. The first-order valence-electron chi connectivity index (χ1n) is 8.52. The molecule has 1 amide bonds. The summed E-state index contributed by atoms with van der Waals surface area (Å²) >= 11 is 2.02. The maximum atomic E-state index is 12.4. The van der Waals surface area contributed by atoms with Crippen molar-refractivity contribution in [1.82, 2.24) is 4.90 Å². The van der Waals surface area contributed by atoms with E-state index in [1.807, 2.05) is 23.9 Å². The van der Waals surface area contributed by atoms with Gasteiger partial charge in [0.25, 0.3) is 0 Å². The Labute approximate surface area is 142 Å². The average molecular weight is 334 g/mol. The van der Waals surface area contributed by atoms with Crippen molar-refractivity contribution in [2.24, 2.45) is 5.92 Å². The minimum atomic E-state index is -0.482. The molecule has 1 aliphatic carbocycles. The first-order chi connectivity index (χ1) is 11.1. The van der Waals surface area contributed by atoms with Crippen LogP contribution in [0.15, 0.2) is 18.2 Å². The molecule has 1 aromatic rings. The van der Waals surface area contributed by atoms with E-state index in [0.717, 1.165) is 50.1 Å². The normalized spacial score (nSPS) is 25.5. The Bertz CT molecular complexity index is 558. The van der Waals surface area contributed by atoms with Crippen LogP contribution in [0.5, 0.6) is 0 Å². The highest BCUT2D eigenvalue weighted by Gasteiger charge is 2.31. The van der Waals surface area contributed by atoms with Crippen molar-refractivity contribution in [3.05, 3.63) is 29.3 Å². The maximum absolute atomic E-state index is 12.4. The summed E-state index contributed by atoms with van der Waals surface area (Å²) < 4.78 is 0. The molecule has 2 fully saturated rings. The van der Waals surface area contributed by atoms with E-state index < -0.39 is 6.10 Å². The Morgan fingerprint density at radius 1 is 1.35 bits per heavy atom. The van der Waals surface area contributed by atoms with Gasteiger partial charge >= 0.3 is 0 Å². The van der Waals surface area contributed by atoms with Crippen molar-refractivity contribution in [1.29, 1.82) is 0 Å². The van der Waals surface area contributed by atoms with Crippen LogP contribution in [0.1, 0.15) is 30.4 Å². The molecule has 3 rings (SSSR count). The number of hydrogen-bond donors (Lipinski definition) is 2. The molecule has 2 N–H and O–H groups in total. The van der Waals surface area contributed by atoms with Gasteiger partial charge in [-0.15, -0.1) is 0 Å². The third-order valence-electron chi connectivity index (χ3n) is 5.02. The van der Waals surface area contributed by atoms with E-state index in [0.29, 0.717) is 0 Å². The molecule has 5 heteroatoms. The van der Waals surface area contributed by atoms with E-state index in [1.54, 1.807) is 0 Å². The highest BCUT2D eigenvalue weighted by molar-refractivity contribution is 7.99. The summed E-state index contributed by atoms with van der Waals surface area (Å²) in [4.78, 5) is 14.9. The molecule has 0 spiro atoms. The first-order valence-corrected chi connectivity index (χ1v) is 9.68. The third-order valence-corrected chi connectivity index (χ3v) is 5.96. The molecular weight excluding hydrogens is 308 g/mol. The van der Waals surface area contributed by atoms with Gasteiger partial charge in [-0.1, -0.05) is 12.1 Å². The first kappa shape index (κ1) is 16.8. The molecule has 2 aliphatic rings. The van der Waals surface area contributed by atoms with Gasteiger partial charge in [-0.25, -0.2) is 0 Å². The van der Waals surface area contributed by atoms with E-state index in [9.17, 15) is 9.90 Å². The highest BCUT2D eigenvalue weighted by Crippen LogP contribution is 2.28. The van der Waals surface area contributed by atoms with E-state index in [4.69, 9.17) is 0 Å². The predicted molar refractivity (Wildman–Crippen MR) is 95.8 cm³/mol. The van der Waals surface area contributed by atoms with Crippen molar-refractivity contribution < 1.29 is 9.90 Å². The molecule has 4 nitrogen and oxygen atoms in total. The van der Waals surface area contributed by atoms with Gasteiger partial charge < -0.3 is 10.4 Å². The lowest BCUT2D eigenvalue weighted by molar-refractivity contribution is -0.122. The molecule has 2 atom stereocenters. The second-order valence-corrected chi connectivity index (χ2v) is 7.80. The number of aliphatic hydroxyl groups excluding tert-OH is 1. The minimum absolute atomic E-state index is 0.0374. The Balaban J connectivity index is 1.67. The van der Waals surface area contributed by atoms with E-state index in [1.165, 1.54) is 17.1 Å². The number of benzene rings is 1. The molecule has 0 aromatic heterocycles. The number of nitrogens with zero attached hydrogens (tertiary/aromatic N) is 1. The zero-order valence-corrected chi connectivity index (χ0v) is 14.6. The van der Waals surface area contributed by atoms with Crippen LogP contribution in [0.25, 0.3) is 0 Å². The molecule has 1 aromatic carbocycles. The summed E-state index contributed by atoms with van der Waals surface area (Å²) in [5.74, 6) is 2.12. The smallest absolute Gasteiger partial charge is 0.230 e. The number of carbonyl (C=O) groups is 1. The van der Waals surface area contributed by atoms with Crippen LogP contribution in [-0.4, -0.2) is 46.6 Å². The van der Waals surface area contributed by atoms with E-state index in [-0.39, 0.29) is 11.8 Å². The van der Waals surface area contributed by atoms with Gasteiger partial charge in [0.15, 0.2) is 0 Å². The number of amides is 1. The van der Waals surface area contributed by atoms with Crippen molar-refractivity contribution >= 4 is 23.4 Å². The number of nitrogens with one attached hydrogen (secondary N) is 1. The standard InChI is InChI=1S/C18H26N2O2S/c1-13-14(12-20-8-10-23-11-9-20)4-2-6-16(13)19-18(22)15-5-3-7-17(15)21/h2,4,6,15,17,21H,3,5,7-12H2,1H3,(H,19,22). The van der Waals surface area contributed by atoms with Crippen LogP contribution < -0.4 is 5.32 Å². The van der Waals surface area contributed by atoms with Crippen molar-refractivity contribution in [3.63, 3.8) is 0 Å². The summed E-state index contributed by atoms with van der Waals surface area (Å²) in [6, 6.07) is 6.13. The maximum Gasteiger partial charge on any atom is 0.230 e. The van der Waals surface area contributed by atoms with Gasteiger partial charge in [-0.2, -0.15) is 11.8 Å². The van der Waals surface area contributed by atoms with Crippen LogP contribution >= 0.6 is 11.8 Å². The summed E-state index contributed by atoms with van der Waals surface area (Å²) in [6.07, 6.45) is 1.98. The molecule has 1 saturated heterocycles. The van der Waals surface area contributed by atoms with Gasteiger partial charge in [0.05, 0.1) is 12.0 Å². The molecule has 0 bridgehead atoms. The SMILES string of the molecule is Cc1c(CN2CCSCC2)cccc1NC(=O)C1CCCC1O. The Hall–Kier alpha value is -1.04. The molecule has 0 radical (unpaired) electrons. The minimum Gasteiger partial charge on any atom is -0.392 e. The number of carbonyl (C=O) groups excluding carboxylic acids is 1. The van der Waals surface area contributed by atoms with Crippen LogP contribution in [0.3, 0.4) is 0 Å². The fourth-order valence-electron chi connectivity index (χ4n) is 3.46. The summed E-state index contributed by atoms with van der Waals surface area (Å²) in [7, 11) is 0. The van der Waals surface area contributed by atoms with Gasteiger partial charge in [0, 0.05) is 36.8 Å². The molecule has 2 unspecified atom stereocenters. The van der Waals surface area contributed by atoms with Crippen molar-refractivity contribution in [2.45, 2.75) is 38.8 Å². The molecule has 1 aliphatic heterocycles. The lowest BCUT2D eigenvalue weighted by Crippen LogP contribution is -2.32. The van der Waals surface area contributed by atoms with Crippen molar-refractivity contribution in [3.8, 4) is 0 Å². The van der Waals surface area contributed by atoms with Gasteiger partial charge in [-0.3, -0.25) is 9.69 Å². The molecular formula is C18H26N2O2S. The highest BCUT2D eigenvalue weighted by atomic mass is 32.2. The third kappa shape index (κ3) is 4.08. The molecule has 23 heavy (non-hydrogen) atoms. The zero-order valence-electron chi connectivity index (χ0n) is 13.8. The van der Waals surface area contributed by atoms with E-state index >= 15 is 0 Å². The summed E-state index contributed by atoms with van der Waals surface area (Å²) in [5, 5.41) is 12.9. The van der Waals surface area contributed by atoms with Crippen LogP contribution in [0.2, 0.25) is 0 Å². The lowest BCUT2D eigenvalue weighted by Gasteiger charge is -2.27. The van der Waals surface area contributed by atoms with Gasteiger partial charge in [0.1, 0.15) is 0 Å². The Morgan fingerprint density at radius 2 is 2.13 bits per heavy atom. The number of anilines is 1. The Kier molecular flexibility index (Phi) is 5.62. The number of thioether (sulfide) groups is 1. The lowest BCUT2D eigenvalue weighted by atomic mass is 10.0. The van der Waals surface area contributed by atoms with Crippen LogP contribution in [-0.2, 0) is 11.3 Å². The molecule has 126 valence electrons. The molecule has 1 heterocycles. The second-order valence-electron chi connectivity index (χ2n) is 6.57. The second kappa shape index (κ2) is 7.69.